The first-order valence-electron chi connectivity index (χ1n) is 7.34. The number of aromatic nitrogens is 2. The number of rotatable bonds is 6. The first-order chi connectivity index (χ1) is 9.88. The van der Waals surface area contributed by atoms with E-state index in [-0.39, 0.29) is 6.04 Å². The molecule has 20 heavy (non-hydrogen) atoms. The lowest BCUT2D eigenvalue weighted by Gasteiger charge is -2.20. The fourth-order valence-corrected chi connectivity index (χ4v) is 2.61. The third kappa shape index (κ3) is 2.70. The van der Waals surface area contributed by atoms with Crippen molar-refractivity contribution in [2.24, 2.45) is 0 Å². The van der Waals surface area contributed by atoms with E-state index in [2.05, 4.69) is 40.0 Å². The van der Waals surface area contributed by atoms with Crippen molar-refractivity contribution in [1.82, 2.24) is 14.9 Å². The number of fused-ring (bicyclic) bond motifs is 1. The molecule has 1 aliphatic heterocycles. The molecule has 3 rings (SSSR count). The van der Waals surface area contributed by atoms with Crippen molar-refractivity contribution in [2.45, 2.75) is 32.4 Å². The van der Waals surface area contributed by atoms with Crippen LogP contribution in [-0.2, 0) is 11.3 Å². The van der Waals surface area contributed by atoms with Crippen LogP contribution in [0.25, 0.3) is 11.0 Å². The SMILES string of the molecule is CCCNC(Cn1cnc2ccccc21)C1=CCCO1. The molecule has 1 aromatic carbocycles. The van der Waals surface area contributed by atoms with Gasteiger partial charge in [-0.15, -0.1) is 0 Å². The van der Waals surface area contributed by atoms with Crippen LogP contribution in [0, 0.1) is 0 Å². The van der Waals surface area contributed by atoms with Gasteiger partial charge in [-0.3, -0.25) is 0 Å². The van der Waals surface area contributed by atoms with E-state index in [9.17, 15) is 0 Å². The maximum absolute atomic E-state index is 5.74. The summed E-state index contributed by atoms with van der Waals surface area (Å²) in [5.41, 5.74) is 2.22. The average Bonchev–Trinajstić information content (AvgIpc) is 3.13. The molecular weight excluding hydrogens is 250 g/mol. The molecule has 0 amide bonds. The molecule has 4 heteroatoms. The first-order valence-corrected chi connectivity index (χ1v) is 7.34. The van der Waals surface area contributed by atoms with Crippen LogP contribution in [0.3, 0.4) is 0 Å². The summed E-state index contributed by atoms with van der Waals surface area (Å²) >= 11 is 0. The van der Waals surface area contributed by atoms with E-state index in [4.69, 9.17) is 4.74 Å². The van der Waals surface area contributed by atoms with Gasteiger partial charge in [0.25, 0.3) is 0 Å². The highest BCUT2D eigenvalue weighted by Gasteiger charge is 2.19. The lowest BCUT2D eigenvalue weighted by atomic mass is 10.2. The number of hydrogen-bond acceptors (Lipinski definition) is 3. The Kier molecular flexibility index (Phi) is 4.02. The van der Waals surface area contributed by atoms with Gasteiger partial charge < -0.3 is 14.6 Å². The molecular formula is C16H21N3O. The van der Waals surface area contributed by atoms with Crippen LogP contribution in [-0.4, -0.2) is 28.7 Å². The fourth-order valence-electron chi connectivity index (χ4n) is 2.61. The van der Waals surface area contributed by atoms with Crippen molar-refractivity contribution in [2.75, 3.05) is 13.2 Å². The van der Waals surface area contributed by atoms with Gasteiger partial charge >= 0.3 is 0 Å². The van der Waals surface area contributed by atoms with E-state index >= 15 is 0 Å². The average molecular weight is 271 g/mol. The van der Waals surface area contributed by atoms with Crippen molar-refractivity contribution >= 4 is 11.0 Å². The van der Waals surface area contributed by atoms with Gasteiger partial charge in [-0.05, 0) is 31.2 Å². The van der Waals surface area contributed by atoms with E-state index in [0.29, 0.717) is 0 Å². The van der Waals surface area contributed by atoms with E-state index in [0.717, 1.165) is 43.8 Å². The number of nitrogens with one attached hydrogen (secondary N) is 1. The molecule has 2 aromatic rings. The predicted octanol–water partition coefficient (Wildman–Crippen LogP) is 2.71. The number of hydrogen-bond donors (Lipinski definition) is 1. The van der Waals surface area contributed by atoms with Crippen LogP contribution >= 0.6 is 0 Å². The number of nitrogens with zero attached hydrogens (tertiary/aromatic N) is 2. The zero-order chi connectivity index (χ0) is 13.8. The summed E-state index contributed by atoms with van der Waals surface area (Å²) in [5.74, 6) is 1.08. The summed E-state index contributed by atoms with van der Waals surface area (Å²) in [6.45, 7) is 4.84. The Morgan fingerprint density at radius 2 is 2.30 bits per heavy atom. The molecule has 2 heterocycles. The molecule has 0 spiro atoms. The molecule has 0 saturated heterocycles. The number of imidazole rings is 1. The highest BCUT2D eigenvalue weighted by atomic mass is 16.5. The van der Waals surface area contributed by atoms with Gasteiger partial charge in [-0.25, -0.2) is 4.98 Å². The van der Waals surface area contributed by atoms with Gasteiger partial charge in [-0.2, -0.15) is 0 Å². The van der Waals surface area contributed by atoms with Gasteiger partial charge in [0.05, 0.1) is 30.0 Å². The molecule has 0 aliphatic carbocycles. The molecule has 1 unspecified atom stereocenters. The van der Waals surface area contributed by atoms with Crippen molar-refractivity contribution in [3.63, 3.8) is 0 Å². The monoisotopic (exact) mass is 271 g/mol. The summed E-state index contributed by atoms with van der Waals surface area (Å²) in [4.78, 5) is 4.45. The van der Waals surface area contributed by atoms with Crippen LogP contribution in [0.2, 0.25) is 0 Å². The Hall–Kier alpha value is -1.81. The maximum Gasteiger partial charge on any atom is 0.111 e. The molecule has 4 nitrogen and oxygen atoms in total. The largest absolute Gasteiger partial charge is 0.496 e. The Bertz CT molecular complexity index is 603. The highest BCUT2D eigenvalue weighted by molar-refractivity contribution is 5.74. The minimum Gasteiger partial charge on any atom is -0.496 e. The molecule has 0 radical (unpaired) electrons. The van der Waals surface area contributed by atoms with Crippen molar-refractivity contribution in [3.05, 3.63) is 42.4 Å². The third-order valence-electron chi connectivity index (χ3n) is 3.62. The van der Waals surface area contributed by atoms with Gasteiger partial charge in [0.2, 0.25) is 0 Å². The van der Waals surface area contributed by atoms with Crippen LogP contribution < -0.4 is 5.32 Å². The van der Waals surface area contributed by atoms with E-state index < -0.39 is 0 Å². The van der Waals surface area contributed by atoms with Crippen LogP contribution in [0.1, 0.15) is 19.8 Å². The zero-order valence-electron chi connectivity index (χ0n) is 11.9. The third-order valence-corrected chi connectivity index (χ3v) is 3.62. The highest BCUT2D eigenvalue weighted by Crippen LogP contribution is 2.18. The van der Waals surface area contributed by atoms with Crippen molar-refractivity contribution in [1.29, 1.82) is 0 Å². The number of benzene rings is 1. The summed E-state index contributed by atoms with van der Waals surface area (Å²) in [5, 5.41) is 3.57. The number of para-hydroxylation sites is 2. The smallest absolute Gasteiger partial charge is 0.111 e. The zero-order valence-corrected chi connectivity index (χ0v) is 11.9. The Balaban J connectivity index is 1.81. The second kappa shape index (κ2) is 6.09. The molecule has 0 fully saturated rings. The Labute approximate surface area is 119 Å². The summed E-state index contributed by atoms with van der Waals surface area (Å²) in [6, 6.07) is 8.47. The predicted molar refractivity (Wildman–Crippen MR) is 80.5 cm³/mol. The minimum atomic E-state index is 0.232. The van der Waals surface area contributed by atoms with Crippen molar-refractivity contribution < 1.29 is 4.74 Å². The normalized spacial score (nSPS) is 16.1. The van der Waals surface area contributed by atoms with Crippen molar-refractivity contribution in [3.8, 4) is 0 Å². The fraction of sp³-hybridized carbons (Fsp3) is 0.438. The van der Waals surface area contributed by atoms with Gasteiger partial charge in [0, 0.05) is 13.0 Å². The molecule has 0 saturated carbocycles. The lowest BCUT2D eigenvalue weighted by molar-refractivity contribution is 0.209. The maximum atomic E-state index is 5.74. The van der Waals surface area contributed by atoms with Gasteiger partial charge in [0.15, 0.2) is 0 Å². The molecule has 1 N–H and O–H groups in total. The van der Waals surface area contributed by atoms with Gasteiger partial charge in [0.1, 0.15) is 5.76 Å². The van der Waals surface area contributed by atoms with Gasteiger partial charge in [-0.1, -0.05) is 19.1 Å². The quantitative estimate of drug-likeness (QED) is 0.878. The van der Waals surface area contributed by atoms with E-state index in [1.807, 2.05) is 18.5 Å². The molecule has 1 aromatic heterocycles. The first kappa shape index (κ1) is 13.2. The van der Waals surface area contributed by atoms with Crippen LogP contribution in [0.5, 0.6) is 0 Å². The van der Waals surface area contributed by atoms with Crippen LogP contribution in [0.4, 0.5) is 0 Å². The van der Waals surface area contributed by atoms with E-state index in [1.54, 1.807) is 0 Å². The molecule has 106 valence electrons. The summed E-state index contributed by atoms with van der Waals surface area (Å²) in [6.07, 6.45) is 6.26. The summed E-state index contributed by atoms with van der Waals surface area (Å²) in [7, 11) is 0. The lowest BCUT2D eigenvalue weighted by Crippen LogP contribution is -2.35. The molecule has 0 bridgehead atoms. The Morgan fingerprint density at radius 1 is 1.40 bits per heavy atom. The molecule has 1 atom stereocenters. The summed E-state index contributed by atoms with van der Waals surface area (Å²) < 4.78 is 7.94. The second-order valence-corrected chi connectivity index (χ2v) is 5.14. The Morgan fingerprint density at radius 3 is 3.10 bits per heavy atom. The number of ether oxygens (including phenoxy) is 1. The van der Waals surface area contributed by atoms with E-state index in [1.165, 1.54) is 5.52 Å². The second-order valence-electron chi connectivity index (χ2n) is 5.14. The topological polar surface area (TPSA) is 39.1 Å². The standard InChI is InChI=1S/C16H21N3O/c1-2-9-17-14(16-8-5-10-20-16)11-19-12-18-13-6-3-4-7-15(13)19/h3-4,6-8,12,14,17H,2,5,9-11H2,1H3. The molecule has 1 aliphatic rings. The van der Waals surface area contributed by atoms with Crippen LogP contribution in [0.15, 0.2) is 42.4 Å². The minimum absolute atomic E-state index is 0.232.